The first-order valence-electron chi connectivity index (χ1n) is 4.30. The SMILES string of the molecule is Cc1ccc(C2CC=NN2)c(F)c1. The Kier molecular flexibility index (Phi) is 2.00. The maximum atomic E-state index is 13.4. The van der Waals surface area contributed by atoms with Gasteiger partial charge in [-0.05, 0) is 18.6 Å². The number of rotatable bonds is 1. The average Bonchev–Trinajstić information content (AvgIpc) is 2.56. The van der Waals surface area contributed by atoms with E-state index in [0.717, 1.165) is 12.0 Å². The minimum atomic E-state index is -0.150. The molecule has 1 aliphatic heterocycles. The number of halogens is 1. The molecule has 0 spiro atoms. The molecule has 1 aromatic carbocycles. The maximum Gasteiger partial charge on any atom is 0.128 e. The molecule has 1 aromatic rings. The van der Waals surface area contributed by atoms with Gasteiger partial charge in [0.15, 0.2) is 0 Å². The minimum absolute atomic E-state index is 0.0144. The summed E-state index contributed by atoms with van der Waals surface area (Å²) >= 11 is 0. The highest BCUT2D eigenvalue weighted by molar-refractivity contribution is 5.60. The number of aryl methyl sites for hydroxylation is 1. The molecule has 0 saturated heterocycles. The lowest BCUT2D eigenvalue weighted by atomic mass is 10.0. The van der Waals surface area contributed by atoms with E-state index in [1.54, 1.807) is 12.3 Å². The molecular formula is C10H11FN2. The molecule has 0 radical (unpaired) electrons. The Labute approximate surface area is 76.5 Å². The second-order valence-electron chi connectivity index (χ2n) is 3.25. The molecule has 3 heteroatoms. The molecular weight excluding hydrogens is 167 g/mol. The Morgan fingerprint density at radius 1 is 1.54 bits per heavy atom. The second-order valence-corrected chi connectivity index (χ2v) is 3.25. The molecule has 0 aliphatic carbocycles. The molecule has 1 unspecified atom stereocenters. The second kappa shape index (κ2) is 3.17. The predicted molar refractivity (Wildman–Crippen MR) is 50.1 cm³/mol. The van der Waals surface area contributed by atoms with Crippen LogP contribution in [0.4, 0.5) is 4.39 Å². The molecule has 1 aliphatic rings. The van der Waals surface area contributed by atoms with Crippen molar-refractivity contribution < 1.29 is 4.39 Å². The van der Waals surface area contributed by atoms with E-state index in [0.29, 0.717) is 5.56 Å². The van der Waals surface area contributed by atoms with Crippen LogP contribution in [0.2, 0.25) is 0 Å². The molecule has 1 atom stereocenters. The van der Waals surface area contributed by atoms with Crippen LogP contribution in [0.5, 0.6) is 0 Å². The number of nitrogens with zero attached hydrogens (tertiary/aromatic N) is 1. The van der Waals surface area contributed by atoms with E-state index in [4.69, 9.17) is 0 Å². The highest BCUT2D eigenvalue weighted by atomic mass is 19.1. The lowest BCUT2D eigenvalue weighted by Crippen LogP contribution is -2.11. The van der Waals surface area contributed by atoms with Gasteiger partial charge in [-0.2, -0.15) is 5.10 Å². The zero-order valence-corrected chi connectivity index (χ0v) is 7.42. The Balaban J connectivity index is 2.30. The third-order valence-corrected chi connectivity index (χ3v) is 2.19. The van der Waals surface area contributed by atoms with Crippen molar-refractivity contribution in [3.63, 3.8) is 0 Å². The lowest BCUT2D eigenvalue weighted by Gasteiger charge is -2.11. The van der Waals surface area contributed by atoms with Gasteiger partial charge in [0.25, 0.3) is 0 Å². The van der Waals surface area contributed by atoms with Crippen LogP contribution in [0.25, 0.3) is 0 Å². The number of nitrogens with one attached hydrogen (secondary N) is 1. The molecule has 0 fully saturated rings. The van der Waals surface area contributed by atoms with Gasteiger partial charge in [-0.15, -0.1) is 0 Å². The summed E-state index contributed by atoms with van der Waals surface area (Å²) in [5, 5.41) is 3.86. The summed E-state index contributed by atoms with van der Waals surface area (Å²) in [4.78, 5) is 0. The van der Waals surface area contributed by atoms with E-state index in [1.165, 1.54) is 0 Å². The first kappa shape index (κ1) is 8.23. The third kappa shape index (κ3) is 1.54. The molecule has 0 saturated carbocycles. The summed E-state index contributed by atoms with van der Waals surface area (Å²) in [6, 6.07) is 5.30. The van der Waals surface area contributed by atoms with E-state index in [9.17, 15) is 4.39 Å². The monoisotopic (exact) mass is 178 g/mol. The Morgan fingerprint density at radius 2 is 2.38 bits per heavy atom. The number of hydrazone groups is 1. The fourth-order valence-corrected chi connectivity index (χ4v) is 1.46. The van der Waals surface area contributed by atoms with Gasteiger partial charge >= 0.3 is 0 Å². The number of benzene rings is 1. The summed E-state index contributed by atoms with van der Waals surface area (Å²) in [5.41, 5.74) is 4.50. The molecule has 0 aromatic heterocycles. The van der Waals surface area contributed by atoms with Gasteiger partial charge in [0.05, 0.1) is 6.04 Å². The standard InChI is InChI=1S/C10H11FN2/c1-7-2-3-8(9(11)6-7)10-4-5-12-13-10/h2-3,5-6,10,13H,4H2,1H3. The van der Waals surface area contributed by atoms with Crippen LogP contribution >= 0.6 is 0 Å². The maximum absolute atomic E-state index is 13.4. The van der Waals surface area contributed by atoms with Crippen LogP contribution in [0, 0.1) is 12.7 Å². The highest BCUT2D eigenvalue weighted by Crippen LogP contribution is 2.22. The Hall–Kier alpha value is -1.38. The summed E-state index contributed by atoms with van der Waals surface area (Å²) < 4.78 is 13.4. The molecule has 0 bridgehead atoms. The van der Waals surface area contributed by atoms with Crippen molar-refractivity contribution in [1.29, 1.82) is 0 Å². The van der Waals surface area contributed by atoms with Crippen LogP contribution in [-0.2, 0) is 0 Å². The van der Waals surface area contributed by atoms with E-state index in [1.807, 2.05) is 19.1 Å². The molecule has 2 nitrogen and oxygen atoms in total. The van der Waals surface area contributed by atoms with Crippen LogP contribution in [-0.4, -0.2) is 6.21 Å². The van der Waals surface area contributed by atoms with Crippen molar-refractivity contribution in [3.05, 3.63) is 35.1 Å². The quantitative estimate of drug-likeness (QED) is 0.700. The normalized spacial score (nSPS) is 20.3. The fourth-order valence-electron chi connectivity index (χ4n) is 1.46. The molecule has 2 rings (SSSR count). The average molecular weight is 178 g/mol. The molecule has 68 valence electrons. The van der Waals surface area contributed by atoms with Crippen LogP contribution in [0.3, 0.4) is 0 Å². The van der Waals surface area contributed by atoms with E-state index in [-0.39, 0.29) is 11.9 Å². The zero-order chi connectivity index (χ0) is 9.26. The third-order valence-electron chi connectivity index (χ3n) is 2.19. The van der Waals surface area contributed by atoms with Crippen molar-refractivity contribution in [2.75, 3.05) is 0 Å². The van der Waals surface area contributed by atoms with Crippen molar-refractivity contribution >= 4 is 6.21 Å². The minimum Gasteiger partial charge on any atom is -0.302 e. The zero-order valence-electron chi connectivity index (χ0n) is 7.42. The Bertz CT molecular complexity index is 339. The van der Waals surface area contributed by atoms with Crippen molar-refractivity contribution in [2.45, 2.75) is 19.4 Å². The van der Waals surface area contributed by atoms with Gasteiger partial charge in [-0.1, -0.05) is 12.1 Å². The summed E-state index contributed by atoms with van der Waals surface area (Å²) in [5.74, 6) is -0.150. The van der Waals surface area contributed by atoms with Crippen molar-refractivity contribution in [2.24, 2.45) is 5.10 Å². The molecule has 13 heavy (non-hydrogen) atoms. The van der Waals surface area contributed by atoms with E-state index < -0.39 is 0 Å². The summed E-state index contributed by atoms with van der Waals surface area (Å²) in [7, 11) is 0. The van der Waals surface area contributed by atoms with E-state index in [2.05, 4.69) is 10.5 Å². The van der Waals surface area contributed by atoms with Crippen LogP contribution < -0.4 is 5.43 Å². The lowest BCUT2D eigenvalue weighted by molar-refractivity contribution is 0.548. The molecule has 1 heterocycles. The first-order chi connectivity index (χ1) is 6.27. The number of hydrogen-bond acceptors (Lipinski definition) is 2. The summed E-state index contributed by atoms with van der Waals surface area (Å²) in [6.45, 7) is 1.88. The van der Waals surface area contributed by atoms with Crippen molar-refractivity contribution in [3.8, 4) is 0 Å². The largest absolute Gasteiger partial charge is 0.302 e. The van der Waals surface area contributed by atoms with Gasteiger partial charge in [0.2, 0.25) is 0 Å². The number of hydrogen-bond donors (Lipinski definition) is 1. The van der Waals surface area contributed by atoms with Crippen LogP contribution in [0.15, 0.2) is 23.3 Å². The molecule has 0 amide bonds. The van der Waals surface area contributed by atoms with E-state index >= 15 is 0 Å². The molecule has 1 N–H and O–H groups in total. The topological polar surface area (TPSA) is 24.4 Å². The first-order valence-corrected chi connectivity index (χ1v) is 4.30. The van der Waals surface area contributed by atoms with Crippen molar-refractivity contribution in [1.82, 2.24) is 5.43 Å². The smallest absolute Gasteiger partial charge is 0.128 e. The summed E-state index contributed by atoms with van der Waals surface area (Å²) in [6.07, 6.45) is 2.53. The van der Waals surface area contributed by atoms with Crippen LogP contribution in [0.1, 0.15) is 23.6 Å². The van der Waals surface area contributed by atoms with Gasteiger partial charge in [-0.25, -0.2) is 4.39 Å². The van der Waals surface area contributed by atoms with Gasteiger partial charge in [-0.3, -0.25) is 0 Å². The van der Waals surface area contributed by atoms with Gasteiger partial charge in [0, 0.05) is 18.2 Å². The highest BCUT2D eigenvalue weighted by Gasteiger charge is 2.16. The van der Waals surface area contributed by atoms with Gasteiger partial charge < -0.3 is 5.43 Å². The predicted octanol–water partition coefficient (Wildman–Crippen LogP) is 2.15. The fraction of sp³-hybridized carbons (Fsp3) is 0.300. The Morgan fingerprint density at radius 3 is 3.00 bits per heavy atom. The van der Waals surface area contributed by atoms with Gasteiger partial charge in [0.1, 0.15) is 5.82 Å².